The Kier molecular flexibility index (Phi) is 7.57. The third-order valence-corrected chi connectivity index (χ3v) is 3.82. The van der Waals surface area contributed by atoms with Crippen LogP contribution in [0.1, 0.15) is 18.4 Å². The number of carbonyl (C=O) groups is 2. The van der Waals surface area contributed by atoms with Crippen LogP contribution in [0.4, 0.5) is 10.5 Å². The van der Waals surface area contributed by atoms with Crippen LogP contribution in [-0.4, -0.2) is 18.5 Å². The number of halogens is 2. The molecule has 0 heterocycles. The Balaban J connectivity index is 1.61. The SMILES string of the molecule is O=C(CCCNC(=O)OCc1ccccc1)Nc1ccc(Cl)cc1Cl. The molecule has 0 saturated carbocycles. The van der Waals surface area contributed by atoms with E-state index in [9.17, 15) is 9.59 Å². The van der Waals surface area contributed by atoms with Crippen LogP contribution in [-0.2, 0) is 16.1 Å². The normalized spacial score (nSPS) is 10.2. The summed E-state index contributed by atoms with van der Waals surface area (Å²) in [4.78, 5) is 23.4. The highest BCUT2D eigenvalue weighted by atomic mass is 35.5. The molecule has 2 N–H and O–H groups in total. The topological polar surface area (TPSA) is 67.4 Å². The molecule has 0 aliphatic carbocycles. The number of benzene rings is 2. The van der Waals surface area contributed by atoms with Crippen LogP contribution in [0.15, 0.2) is 48.5 Å². The number of amides is 2. The van der Waals surface area contributed by atoms with Crippen LogP contribution in [0.3, 0.4) is 0 Å². The maximum Gasteiger partial charge on any atom is 0.407 e. The predicted molar refractivity (Wildman–Crippen MR) is 99.0 cm³/mol. The third kappa shape index (κ3) is 7.03. The number of carbonyl (C=O) groups excluding carboxylic acids is 2. The first kappa shape index (κ1) is 19.1. The minimum absolute atomic E-state index is 0.191. The Hall–Kier alpha value is -2.24. The molecule has 0 bridgehead atoms. The van der Waals surface area contributed by atoms with Crippen molar-refractivity contribution < 1.29 is 14.3 Å². The molecule has 0 radical (unpaired) electrons. The lowest BCUT2D eigenvalue weighted by atomic mass is 10.2. The molecule has 0 unspecified atom stereocenters. The molecular weight excluding hydrogens is 363 g/mol. The molecule has 2 amide bonds. The van der Waals surface area contributed by atoms with Gasteiger partial charge in [-0.2, -0.15) is 0 Å². The van der Waals surface area contributed by atoms with Gasteiger partial charge in [0.2, 0.25) is 5.91 Å². The molecule has 2 rings (SSSR count). The minimum atomic E-state index is -0.509. The zero-order valence-electron chi connectivity index (χ0n) is 13.4. The lowest BCUT2D eigenvalue weighted by Crippen LogP contribution is -2.26. The number of nitrogens with one attached hydrogen (secondary N) is 2. The molecule has 2 aromatic rings. The summed E-state index contributed by atoms with van der Waals surface area (Å²) < 4.78 is 5.08. The Bertz CT molecular complexity index is 724. The molecule has 0 aromatic heterocycles. The molecule has 7 heteroatoms. The number of anilines is 1. The summed E-state index contributed by atoms with van der Waals surface area (Å²) in [7, 11) is 0. The van der Waals surface area contributed by atoms with Gasteiger partial charge in [-0.25, -0.2) is 4.79 Å². The van der Waals surface area contributed by atoms with E-state index in [1.54, 1.807) is 18.2 Å². The van der Waals surface area contributed by atoms with Gasteiger partial charge in [-0.3, -0.25) is 4.79 Å². The van der Waals surface area contributed by atoms with Crippen LogP contribution >= 0.6 is 23.2 Å². The van der Waals surface area contributed by atoms with Crippen LogP contribution in [0.25, 0.3) is 0 Å². The van der Waals surface area contributed by atoms with Gasteiger partial charge in [-0.05, 0) is 30.2 Å². The van der Waals surface area contributed by atoms with Crippen LogP contribution in [0.2, 0.25) is 10.0 Å². The number of ether oxygens (including phenoxy) is 1. The largest absolute Gasteiger partial charge is 0.445 e. The van der Waals surface area contributed by atoms with Crippen molar-refractivity contribution in [1.82, 2.24) is 5.32 Å². The molecule has 132 valence electrons. The van der Waals surface area contributed by atoms with Gasteiger partial charge in [0.05, 0.1) is 10.7 Å². The van der Waals surface area contributed by atoms with Gasteiger partial charge in [0.15, 0.2) is 0 Å². The number of hydrogen-bond donors (Lipinski definition) is 2. The van der Waals surface area contributed by atoms with Crippen LogP contribution in [0, 0.1) is 0 Å². The van der Waals surface area contributed by atoms with E-state index in [0.717, 1.165) is 5.56 Å². The summed E-state index contributed by atoms with van der Waals surface area (Å²) in [5, 5.41) is 6.18. The molecule has 0 aliphatic heterocycles. The lowest BCUT2D eigenvalue weighted by Gasteiger charge is -2.09. The zero-order valence-corrected chi connectivity index (χ0v) is 14.9. The lowest BCUT2D eigenvalue weighted by molar-refractivity contribution is -0.116. The van der Waals surface area contributed by atoms with Crippen molar-refractivity contribution in [1.29, 1.82) is 0 Å². The highest BCUT2D eigenvalue weighted by Crippen LogP contribution is 2.25. The average Bonchev–Trinajstić information content (AvgIpc) is 2.60. The van der Waals surface area contributed by atoms with Crippen molar-refractivity contribution in [2.24, 2.45) is 0 Å². The van der Waals surface area contributed by atoms with Gasteiger partial charge in [0.25, 0.3) is 0 Å². The van der Waals surface area contributed by atoms with Crippen molar-refractivity contribution in [3.8, 4) is 0 Å². The highest BCUT2D eigenvalue weighted by molar-refractivity contribution is 6.36. The minimum Gasteiger partial charge on any atom is -0.445 e. The molecule has 25 heavy (non-hydrogen) atoms. The van der Waals surface area contributed by atoms with E-state index in [0.29, 0.717) is 28.7 Å². The fraction of sp³-hybridized carbons (Fsp3) is 0.222. The van der Waals surface area contributed by atoms with E-state index in [1.165, 1.54) is 0 Å². The summed E-state index contributed by atoms with van der Waals surface area (Å²) in [6.07, 6.45) is 0.222. The second-order valence-corrected chi connectivity index (χ2v) is 6.11. The molecule has 5 nitrogen and oxygen atoms in total. The first-order chi connectivity index (χ1) is 12.0. The van der Waals surface area contributed by atoms with Crippen LogP contribution in [0.5, 0.6) is 0 Å². The van der Waals surface area contributed by atoms with Crippen molar-refractivity contribution in [2.45, 2.75) is 19.4 Å². The Morgan fingerprint density at radius 2 is 1.80 bits per heavy atom. The Labute approximate surface area is 156 Å². The summed E-state index contributed by atoms with van der Waals surface area (Å²) >= 11 is 11.8. The van der Waals surface area contributed by atoms with E-state index < -0.39 is 6.09 Å². The monoisotopic (exact) mass is 380 g/mol. The number of rotatable bonds is 7. The van der Waals surface area contributed by atoms with E-state index in [-0.39, 0.29) is 18.9 Å². The third-order valence-electron chi connectivity index (χ3n) is 3.27. The van der Waals surface area contributed by atoms with E-state index in [1.807, 2.05) is 30.3 Å². The van der Waals surface area contributed by atoms with Crippen molar-refractivity contribution in [3.05, 3.63) is 64.1 Å². The zero-order chi connectivity index (χ0) is 18.1. The second-order valence-electron chi connectivity index (χ2n) is 5.26. The van der Waals surface area contributed by atoms with E-state index >= 15 is 0 Å². The molecule has 0 fully saturated rings. The van der Waals surface area contributed by atoms with E-state index in [2.05, 4.69) is 10.6 Å². The first-order valence-corrected chi connectivity index (χ1v) is 8.49. The van der Waals surface area contributed by atoms with Gasteiger partial charge in [-0.1, -0.05) is 53.5 Å². The standard InChI is InChI=1S/C18H18Cl2N2O3/c19-14-8-9-16(15(20)11-14)22-17(23)7-4-10-21-18(24)25-12-13-5-2-1-3-6-13/h1-3,5-6,8-9,11H,4,7,10,12H2,(H,21,24)(H,22,23). The van der Waals surface area contributed by atoms with Gasteiger partial charge in [0.1, 0.15) is 6.61 Å². The van der Waals surface area contributed by atoms with Gasteiger partial charge < -0.3 is 15.4 Å². The number of hydrogen-bond acceptors (Lipinski definition) is 3. The first-order valence-electron chi connectivity index (χ1n) is 7.74. The van der Waals surface area contributed by atoms with Crippen molar-refractivity contribution in [2.75, 3.05) is 11.9 Å². The Morgan fingerprint density at radius 1 is 1.04 bits per heavy atom. The summed E-state index contributed by atoms with van der Waals surface area (Å²) in [6, 6.07) is 14.2. The van der Waals surface area contributed by atoms with Gasteiger partial charge in [0, 0.05) is 18.0 Å². The van der Waals surface area contributed by atoms with Gasteiger partial charge in [-0.15, -0.1) is 0 Å². The fourth-order valence-electron chi connectivity index (χ4n) is 2.02. The van der Waals surface area contributed by atoms with Crippen molar-refractivity contribution >= 4 is 40.9 Å². The predicted octanol–water partition coefficient (Wildman–Crippen LogP) is 4.64. The quantitative estimate of drug-likeness (QED) is 0.687. The molecule has 0 spiro atoms. The molecular formula is C18H18Cl2N2O3. The van der Waals surface area contributed by atoms with Crippen molar-refractivity contribution in [3.63, 3.8) is 0 Å². The Morgan fingerprint density at radius 3 is 2.52 bits per heavy atom. The molecule has 0 saturated heterocycles. The summed E-state index contributed by atoms with van der Waals surface area (Å²) in [5.74, 6) is -0.191. The summed E-state index contributed by atoms with van der Waals surface area (Å²) in [5.41, 5.74) is 1.42. The number of alkyl carbamates (subject to hydrolysis) is 1. The maximum atomic E-state index is 11.9. The van der Waals surface area contributed by atoms with Gasteiger partial charge >= 0.3 is 6.09 Å². The van der Waals surface area contributed by atoms with Crippen LogP contribution < -0.4 is 10.6 Å². The summed E-state index contributed by atoms with van der Waals surface area (Å²) in [6.45, 7) is 0.553. The smallest absolute Gasteiger partial charge is 0.407 e. The van der Waals surface area contributed by atoms with E-state index in [4.69, 9.17) is 27.9 Å². The highest BCUT2D eigenvalue weighted by Gasteiger charge is 2.07. The molecule has 0 atom stereocenters. The second kappa shape index (κ2) is 9.91. The fourth-order valence-corrected chi connectivity index (χ4v) is 2.47. The maximum absolute atomic E-state index is 11.9. The average molecular weight is 381 g/mol. The molecule has 0 aliphatic rings. The molecule has 2 aromatic carbocycles.